The number of carbonyl (C=O) groups excluding carboxylic acids is 2. The van der Waals surface area contributed by atoms with E-state index in [2.05, 4.69) is 5.32 Å². The molecule has 0 spiro atoms. The van der Waals surface area contributed by atoms with Crippen LogP contribution in [0.3, 0.4) is 0 Å². The van der Waals surface area contributed by atoms with Crippen LogP contribution in [0, 0.1) is 0 Å². The van der Waals surface area contributed by atoms with Crippen molar-refractivity contribution in [1.82, 2.24) is 5.32 Å². The van der Waals surface area contributed by atoms with E-state index in [9.17, 15) is 9.59 Å². The summed E-state index contributed by atoms with van der Waals surface area (Å²) in [6.07, 6.45) is 0.859. The number of ether oxygens (including phenoxy) is 2. The van der Waals surface area contributed by atoms with Gasteiger partial charge < -0.3 is 14.8 Å². The van der Waals surface area contributed by atoms with Crippen molar-refractivity contribution >= 4 is 11.7 Å². The summed E-state index contributed by atoms with van der Waals surface area (Å²) in [4.78, 5) is 24.9. The van der Waals surface area contributed by atoms with Gasteiger partial charge in [0.25, 0.3) is 5.91 Å². The molecule has 5 nitrogen and oxygen atoms in total. The van der Waals surface area contributed by atoms with Gasteiger partial charge in [-0.2, -0.15) is 0 Å². The topological polar surface area (TPSA) is 64.6 Å². The molecule has 25 heavy (non-hydrogen) atoms. The smallest absolute Gasteiger partial charge is 0.251 e. The zero-order chi connectivity index (χ0) is 18.4. The average Bonchev–Trinajstić information content (AvgIpc) is 2.66. The lowest BCUT2D eigenvalue weighted by Gasteiger charge is -2.12. The molecule has 2 aromatic carbocycles. The van der Waals surface area contributed by atoms with Gasteiger partial charge >= 0.3 is 0 Å². The minimum Gasteiger partial charge on any atom is -0.497 e. The van der Waals surface area contributed by atoms with Crippen molar-refractivity contribution in [3.63, 3.8) is 0 Å². The summed E-state index contributed by atoms with van der Waals surface area (Å²) in [6, 6.07) is 11.8. The summed E-state index contributed by atoms with van der Waals surface area (Å²) in [6.45, 7) is 3.96. The molecule has 0 aliphatic carbocycles. The molecule has 132 valence electrons. The van der Waals surface area contributed by atoms with Gasteiger partial charge in [0.1, 0.15) is 11.5 Å². The molecule has 0 heterocycles. The maximum Gasteiger partial charge on any atom is 0.251 e. The standard InChI is InChI=1S/C20H23NO4/c1-5-13(2)21-20(23)15-8-6-14(7-9-15)19(22)17-12-16(24-3)10-11-18(17)25-4/h6-13H,5H2,1-4H3,(H,21,23). The molecular weight excluding hydrogens is 318 g/mol. The predicted molar refractivity (Wildman–Crippen MR) is 96.6 cm³/mol. The van der Waals surface area contributed by atoms with E-state index in [1.807, 2.05) is 13.8 Å². The zero-order valence-corrected chi connectivity index (χ0v) is 15.0. The highest BCUT2D eigenvalue weighted by Gasteiger charge is 2.16. The second kappa shape index (κ2) is 8.33. The van der Waals surface area contributed by atoms with Gasteiger partial charge in [0.15, 0.2) is 5.78 Å². The van der Waals surface area contributed by atoms with E-state index in [0.29, 0.717) is 28.2 Å². The minimum atomic E-state index is -0.190. The molecule has 1 N–H and O–H groups in total. The normalized spacial score (nSPS) is 11.5. The van der Waals surface area contributed by atoms with Crippen LogP contribution in [0.1, 0.15) is 46.5 Å². The summed E-state index contributed by atoms with van der Waals surface area (Å²) >= 11 is 0. The van der Waals surface area contributed by atoms with E-state index in [-0.39, 0.29) is 17.7 Å². The van der Waals surface area contributed by atoms with Crippen LogP contribution in [0.4, 0.5) is 0 Å². The van der Waals surface area contributed by atoms with Crippen LogP contribution < -0.4 is 14.8 Å². The Morgan fingerprint density at radius 2 is 1.64 bits per heavy atom. The van der Waals surface area contributed by atoms with Gasteiger partial charge in [0, 0.05) is 17.2 Å². The molecule has 1 amide bonds. The first-order valence-corrected chi connectivity index (χ1v) is 8.17. The van der Waals surface area contributed by atoms with E-state index in [4.69, 9.17) is 9.47 Å². The first-order chi connectivity index (χ1) is 12.0. The highest BCUT2D eigenvalue weighted by Crippen LogP contribution is 2.26. The van der Waals surface area contributed by atoms with E-state index in [1.165, 1.54) is 7.11 Å². The molecule has 1 unspecified atom stereocenters. The van der Waals surface area contributed by atoms with Crippen LogP contribution in [0.15, 0.2) is 42.5 Å². The Hall–Kier alpha value is -2.82. The maximum atomic E-state index is 12.8. The van der Waals surface area contributed by atoms with Gasteiger partial charge in [0.05, 0.1) is 19.8 Å². The molecule has 0 bridgehead atoms. The molecule has 0 aromatic heterocycles. The number of amides is 1. The van der Waals surface area contributed by atoms with Crippen molar-refractivity contribution in [2.45, 2.75) is 26.3 Å². The fourth-order valence-corrected chi connectivity index (χ4v) is 2.33. The quantitative estimate of drug-likeness (QED) is 0.783. The number of rotatable bonds is 7. The molecule has 5 heteroatoms. The second-order valence-electron chi connectivity index (χ2n) is 5.76. The zero-order valence-electron chi connectivity index (χ0n) is 15.0. The number of hydrogen-bond donors (Lipinski definition) is 1. The van der Waals surface area contributed by atoms with Crippen LogP contribution in [0.25, 0.3) is 0 Å². The van der Waals surface area contributed by atoms with Crippen LogP contribution >= 0.6 is 0 Å². The van der Waals surface area contributed by atoms with Gasteiger partial charge in [-0.05, 0) is 43.7 Å². The van der Waals surface area contributed by atoms with Crippen molar-refractivity contribution < 1.29 is 19.1 Å². The first kappa shape index (κ1) is 18.5. The summed E-state index contributed by atoms with van der Waals surface area (Å²) in [5, 5.41) is 2.90. The molecule has 2 rings (SSSR count). The number of ketones is 1. The Balaban J connectivity index is 2.25. The van der Waals surface area contributed by atoms with E-state index in [1.54, 1.807) is 49.6 Å². The molecule has 0 aliphatic heterocycles. The molecule has 0 radical (unpaired) electrons. The van der Waals surface area contributed by atoms with E-state index < -0.39 is 0 Å². The highest BCUT2D eigenvalue weighted by molar-refractivity contribution is 6.11. The maximum absolute atomic E-state index is 12.8. The summed E-state index contributed by atoms with van der Waals surface area (Å²) in [5.41, 5.74) is 1.42. The number of carbonyl (C=O) groups is 2. The van der Waals surface area contributed by atoms with Crippen molar-refractivity contribution in [2.75, 3.05) is 14.2 Å². The van der Waals surface area contributed by atoms with Crippen LogP contribution in [0.5, 0.6) is 11.5 Å². The molecular formula is C20H23NO4. The number of hydrogen-bond acceptors (Lipinski definition) is 4. The Kier molecular flexibility index (Phi) is 6.17. The SMILES string of the molecule is CCC(C)NC(=O)c1ccc(C(=O)c2cc(OC)ccc2OC)cc1. The third-order valence-corrected chi connectivity index (χ3v) is 4.05. The largest absolute Gasteiger partial charge is 0.497 e. The monoisotopic (exact) mass is 341 g/mol. The highest BCUT2D eigenvalue weighted by atomic mass is 16.5. The lowest BCUT2D eigenvalue weighted by Crippen LogP contribution is -2.31. The Labute approximate surface area is 148 Å². The molecule has 1 atom stereocenters. The molecule has 2 aromatic rings. The second-order valence-corrected chi connectivity index (χ2v) is 5.76. The van der Waals surface area contributed by atoms with Gasteiger partial charge in [-0.25, -0.2) is 0 Å². The molecule has 0 saturated carbocycles. The van der Waals surface area contributed by atoms with Crippen LogP contribution in [-0.2, 0) is 0 Å². The van der Waals surface area contributed by atoms with Crippen LogP contribution in [-0.4, -0.2) is 32.0 Å². The van der Waals surface area contributed by atoms with Gasteiger partial charge in [-0.15, -0.1) is 0 Å². The number of methoxy groups -OCH3 is 2. The van der Waals surface area contributed by atoms with Gasteiger partial charge in [0.2, 0.25) is 0 Å². The summed E-state index contributed by atoms with van der Waals surface area (Å²) in [5.74, 6) is 0.718. The van der Waals surface area contributed by atoms with Crippen molar-refractivity contribution in [3.8, 4) is 11.5 Å². The predicted octanol–water partition coefficient (Wildman–Crippen LogP) is 3.46. The van der Waals surface area contributed by atoms with E-state index in [0.717, 1.165) is 6.42 Å². The Morgan fingerprint density at radius 3 is 2.20 bits per heavy atom. The van der Waals surface area contributed by atoms with Crippen molar-refractivity contribution in [3.05, 3.63) is 59.2 Å². The fourth-order valence-electron chi connectivity index (χ4n) is 2.33. The van der Waals surface area contributed by atoms with E-state index >= 15 is 0 Å². The van der Waals surface area contributed by atoms with Crippen molar-refractivity contribution in [2.24, 2.45) is 0 Å². The fraction of sp³-hybridized carbons (Fsp3) is 0.300. The minimum absolute atomic E-state index is 0.106. The third kappa shape index (κ3) is 4.38. The van der Waals surface area contributed by atoms with Gasteiger partial charge in [-0.3, -0.25) is 9.59 Å². The lowest BCUT2D eigenvalue weighted by atomic mass is 10.0. The third-order valence-electron chi connectivity index (χ3n) is 4.05. The van der Waals surface area contributed by atoms with Gasteiger partial charge in [-0.1, -0.05) is 19.1 Å². The first-order valence-electron chi connectivity index (χ1n) is 8.17. The average molecular weight is 341 g/mol. The van der Waals surface area contributed by atoms with Crippen molar-refractivity contribution in [1.29, 1.82) is 0 Å². The summed E-state index contributed by atoms with van der Waals surface area (Å²) < 4.78 is 10.4. The summed E-state index contributed by atoms with van der Waals surface area (Å²) in [7, 11) is 3.06. The molecule has 0 saturated heterocycles. The Bertz CT molecular complexity index is 753. The number of nitrogens with one attached hydrogen (secondary N) is 1. The Morgan fingerprint density at radius 1 is 1.00 bits per heavy atom. The molecule has 0 aliphatic rings. The lowest BCUT2D eigenvalue weighted by molar-refractivity contribution is 0.0938. The van der Waals surface area contributed by atoms with Crippen LogP contribution in [0.2, 0.25) is 0 Å². The number of benzene rings is 2. The molecule has 0 fully saturated rings.